The molecule has 0 radical (unpaired) electrons. The van der Waals surface area contributed by atoms with Crippen molar-refractivity contribution in [3.05, 3.63) is 35.4 Å². The molecule has 0 aliphatic carbocycles. The van der Waals surface area contributed by atoms with Gasteiger partial charge in [-0.15, -0.1) is 0 Å². The first-order chi connectivity index (χ1) is 10.7. The molecule has 3 atom stereocenters. The lowest BCUT2D eigenvalue weighted by Gasteiger charge is -2.35. The molecule has 0 aromatic heterocycles. The number of rotatable bonds is 2. The minimum absolute atomic E-state index is 0.00189. The van der Waals surface area contributed by atoms with E-state index in [1.807, 2.05) is 0 Å². The number of carbonyl (C=O) groups excluding carboxylic acids is 1. The van der Waals surface area contributed by atoms with Gasteiger partial charge in [0, 0.05) is 5.56 Å². The van der Waals surface area contributed by atoms with E-state index < -0.39 is 41.6 Å². The Bertz CT molecular complexity index is 574. The predicted octanol–water partition coefficient (Wildman–Crippen LogP) is 2.68. The summed E-state index contributed by atoms with van der Waals surface area (Å²) in [6.07, 6.45) is -2.26. The van der Waals surface area contributed by atoms with Crippen molar-refractivity contribution < 1.29 is 28.2 Å². The zero-order valence-corrected chi connectivity index (χ0v) is 13.3. The monoisotopic (exact) mass is 329 g/mol. The maximum absolute atomic E-state index is 14.0. The summed E-state index contributed by atoms with van der Waals surface area (Å²) >= 11 is 0. The third-order valence-corrected chi connectivity index (χ3v) is 3.33. The number of benzene rings is 1. The standard InChI is InChI=1S/C16H21F2NO4/c1-16(2,3)23-15(21)19-13-7-10(20)8-22-14(13)11-6-9(17)4-5-12(11)18/h4-6,10,13-14,20H,7-8H2,1-3H3,(H,19,21)/t10?,13-,14+/m0/s1. The second kappa shape index (κ2) is 6.80. The zero-order chi connectivity index (χ0) is 17.2. The Labute approximate surface area is 133 Å². The third kappa shape index (κ3) is 4.87. The fourth-order valence-electron chi connectivity index (χ4n) is 2.45. The Balaban J connectivity index is 2.19. The van der Waals surface area contributed by atoms with Gasteiger partial charge in [-0.2, -0.15) is 0 Å². The van der Waals surface area contributed by atoms with Gasteiger partial charge in [0.15, 0.2) is 0 Å². The molecule has 2 N–H and O–H groups in total. The number of halogens is 2. The van der Waals surface area contributed by atoms with Crippen LogP contribution in [0.5, 0.6) is 0 Å². The molecular formula is C16H21F2NO4. The molecule has 0 bridgehead atoms. The molecule has 1 saturated heterocycles. The number of hydrogen-bond acceptors (Lipinski definition) is 4. The van der Waals surface area contributed by atoms with Gasteiger partial charge < -0.3 is 19.9 Å². The number of aliphatic hydroxyl groups excluding tert-OH is 1. The van der Waals surface area contributed by atoms with Crippen LogP contribution < -0.4 is 5.32 Å². The molecule has 1 heterocycles. The van der Waals surface area contributed by atoms with Gasteiger partial charge in [0.25, 0.3) is 0 Å². The Morgan fingerprint density at radius 2 is 2.09 bits per heavy atom. The fraction of sp³-hybridized carbons (Fsp3) is 0.562. The first kappa shape index (κ1) is 17.6. The lowest BCUT2D eigenvalue weighted by Crippen LogP contribution is -2.48. The average Bonchev–Trinajstić information content (AvgIpc) is 2.40. The van der Waals surface area contributed by atoms with Crippen molar-refractivity contribution in [3.63, 3.8) is 0 Å². The van der Waals surface area contributed by atoms with Crippen LogP contribution in [-0.2, 0) is 9.47 Å². The Morgan fingerprint density at radius 1 is 1.39 bits per heavy atom. The quantitative estimate of drug-likeness (QED) is 0.875. The topological polar surface area (TPSA) is 67.8 Å². The Morgan fingerprint density at radius 3 is 2.74 bits per heavy atom. The molecule has 2 rings (SSSR count). The van der Waals surface area contributed by atoms with Crippen LogP contribution in [0.2, 0.25) is 0 Å². The summed E-state index contributed by atoms with van der Waals surface area (Å²) in [5, 5.41) is 12.3. The first-order valence-corrected chi connectivity index (χ1v) is 7.40. The Kier molecular flexibility index (Phi) is 5.21. The Hall–Kier alpha value is -1.73. The summed E-state index contributed by atoms with van der Waals surface area (Å²) in [6.45, 7) is 5.11. The second-order valence-corrected chi connectivity index (χ2v) is 6.56. The first-order valence-electron chi connectivity index (χ1n) is 7.40. The molecule has 1 aromatic rings. The van der Waals surface area contributed by atoms with E-state index in [0.29, 0.717) is 0 Å². The lowest BCUT2D eigenvalue weighted by atomic mass is 9.94. The van der Waals surface area contributed by atoms with Crippen molar-refractivity contribution in [2.24, 2.45) is 0 Å². The van der Waals surface area contributed by atoms with E-state index in [9.17, 15) is 18.7 Å². The van der Waals surface area contributed by atoms with Crippen LogP contribution in [0.1, 0.15) is 38.9 Å². The fourth-order valence-corrected chi connectivity index (χ4v) is 2.45. The van der Waals surface area contributed by atoms with E-state index in [2.05, 4.69) is 5.32 Å². The zero-order valence-electron chi connectivity index (χ0n) is 13.3. The summed E-state index contributed by atoms with van der Waals surface area (Å²) in [7, 11) is 0. The van der Waals surface area contributed by atoms with Crippen LogP contribution in [0.4, 0.5) is 13.6 Å². The highest BCUT2D eigenvalue weighted by molar-refractivity contribution is 5.68. The van der Waals surface area contributed by atoms with Crippen molar-refractivity contribution in [1.29, 1.82) is 0 Å². The van der Waals surface area contributed by atoms with E-state index >= 15 is 0 Å². The highest BCUT2D eigenvalue weighted by Crippen LogP contribution is 2.31. The van der Waals surface area contributed by atoms with E-state index in [1.165, 1.54) is 0 Å². The third-order valence-electron chi connectivity index (χ3n) is 3.33. The van der Waals surface area contributed by atoms with Gasteiger partial charge in [-0.3, -0.25) is 0 Å². The summed E-state index contributed by atoms with van der Waals surface area (Å²) in [4.78, 5) is 11.9. The maximum atomic E-state index is 14.0. The minimum Gasteiger partial charge on any atom is -0.444 e. The number of amides is 1. The van der Waals surface area contributed by atoms with Crippen molar-refractivity contribution in [3.8, 4) is 0 Å². The smallest absolute Gasteiger partial charge is 0.407 e. The molecule has 1 aromatic carbocycles. The number of aliphatic hydroxyl groups is 1. The van der Waals surface area contributed by atoms with Gasteiger partial charge in [-0.05, 0) is 45.4 Å². The van der Waals surface area contributed by atoms with Gasteiger partial charge in [-0.1, -0.05) is 0 Å². The summed E-state index contributed by atoms with van der Waals surface area (Å²) in [5.74, 6) is -1.24. The highest BCUT2D eigenvalue weighted by atomic mass is 19.1. The van der Waals surface area contributed by atoms with Crippen LogP contribution >= 0.6 is 0 Å². The van der Waals surface area contributed by atoms with Gasteiger partial charge in [-0.25, -0.2) is 13.6 Å². The molecule has 0 saturated carbocycles. The molecule has 128 valence electrons. The van der Waals surface area contributed by atoms with E-state index in [1.54, 1.807) is 20.8 Å². The number of alkyl carbamates (subject to hydrolysis) is 1. The van der Waals surface area contributed by atoms with Crippen molar-refractivity contribution in [2.45, 2.75) is 51.0 Å². The highest BCUT2D eigenvalue weighted by Gasteiger charge is 2.35. The molecule has 1 aliphatic rings. The molecule has 7 heteroatoms. The van der Waals surface area contributed by atoms with Gasteiger partial charge >= 0.3 is 6.09 Å². The number of nitrogens with one attached hydrogen (secondary N) is 1. The van der Waals surface area contributed by atoms with Crippen LogP contribution in [0, 0.1) is 11.6 Å². The van der Waals surface area contributed by atoms with Crippen LogP contribution in [0.25, 0.3) is 0 Å². The van der Waals surface area contributed by atoms with E-state index in [4.69, 9.17) is 9.47 Å². The summed E-state index contributed by atoms with van der Waals surface area (Å²) < 4.78 is 38.0. The number of ether oxygens (including phenoxy) is 2. The van der Waals surface area contributed by atoms with Crippen LogP contribution in [0.15, 0.2) is 18.2 Å². The van der Waals surface area contributed by atoms with Crippen molar-refractivity contribution >= 4 is 6.09 Å². The molecule has 1 amide bonds. The predicted molar refractivity (Wildman–Crippen MR) is 78.8 cm³/mol. The molecule has 1 fully saturated rings. The molecule has 1 aliphatic heterocycles. The van der Waals surface area contributed by atoms with Gasteiger partial charge in [0.1, 0.15) is 23.3 Å². The van der Waals surface area contributed by atoms with Crippen molar-refractivity contribution in [1.82, 2.24) is 5.32 Å². The molecular weight excluding hydrogens is 308 g/mol. The maximum Gasteiger partial charge on any atom is 0.407 e. The van der Waals surface area contributed by atoms with Crippen molar-refractivity contribution in [2.75, 3.05) is 6.61 Å². The molecule has 1 unspecified atom stereocenters. The molecule has 23 heavy (non-hydrogen) atoms. The van der Waals surface area contributed by atoms with Gasteiger partial charge in [0.05, 0.1) is 18.8 Å². The van der Waals surface area contributed by atoms with Gasteiger partial charge in [0.2, 0.25) is 0 Å². The SMILES string of the molecule is CC(C)(C)OC(=O)N[C@H]1CC(O)CO[C@@H]1c1cc(F)ccc1F. The minimum atomic E-state index is -0.901. The number of hydrogen-bond donors (Lipinski definition) is 2. The number of carbonyl (C=O) groups is 1. The molecule has 0 spiro atoms. The summed E-state index contributed by atoms with van der Waals surface area (Å²) in [5.41, 5.74) is -0.698. The van der Waals surface area contributed by atoms with E-state index in [-0.39, 0.29) is 18.6 Å². The molecule has 5 nitrogen and oxygen atoms in total. The van der Waals surface area contributed by atoms with Crippen LogP contribution in [0.3, 0.4) is 0 Å². The average molecular weight is 329 g/mol. The second-order valence-electron chi connectivity index (χ2n) is 6.56. The summed E-state index contributed by atoms with van der Waals surface area (Å²) in [6, 6.07) is 2.31. The normalized spacial score (nSPS) is 25.0. The van der Waals surface area contributed by atoms with Crippen LogP contribution in [-0.4, -0.2) is 35.6 Å². The lowest BCUT2D eigenvalue weighted by molar-refractivity contribution is -0.0779. The largest absolute Gasteiger partial charge is 0.444 e. The van der Waals surface area contributed by atoms with E-state index in [0.717, 1.165) is 18.2 Å².